The molecule has 5 heteroatoms. The van der Waals surface area contributed by atoms with Crippen molar-refractivity contribution >= 4 is 0 Å². The number of nitrogens with zero attached hydrogens (tertiary/aromatic N) is 3. The summed E-state index contributed by atoms with van der Waals surface area (Å²) in [5, 5.41) is 0. The highest BCUT2D eigenvalue weighted by molar-refractivity contribution is 5.43. The van der Waals surface area contributed by atoms with Crippen LogP contribution in [0.15, 0.2) is 72.9 Å². The lowest BCUT2D eigenvalue weighted by molar-refractivity contribution is 0.0833. The molecule has 0 unspecified atom stereocenters. The summed E-state index contributed by atoms with van der Waals surface area (Å²) in [5.41, 5.74) is 3.48. The number of likely N-dealkylation sites (N-methyl/N-ethyl adjacent to an activating group) is 1. The van der Waals surface area contributed by atoms with E-state index in [0.29, 0.717) is 12.6 Å². The van der Waals surface area contributed by atoms with Crippen molar-refractivity contribution in [2.75, 3.05) is 33.8 Å². The third-order valence-electron chi connectivity index (χ3n) is 5.59. The normalized spacial score (nSPS) is 17.6. The van der Waals surface area contributed by atoms with Gasteiger partial charge in [0.15, 0.2) is 11.5 Å². The Hall–Kier alpha value is -2.89. The number of methoxy groups -OCH3 is 1. The van der Waals surface area contributed by atoms with Crippen LogP contribution in [0, 0.1) is 0 Å². The Morgan fingerprint density at radius 1 is 0.967 bits per heavy atom. The second-order valence-corrected chi connectivity index (χ2v) is 7.75. The van der Waals surface area contributed by atoms with Crippen LogP contribution in [0.3, 0.4) is 0 Å². The molecular weight excluding hydrogens is 374 g/mol. The van der Waals surface area contributed by atoms with Gasteiger partial charge in [0, 0.05) is 38.4 Å². The summed E-state index contributed by atoms with van der Waals surface area (Å²) in [5.74, 6) is 1.50. The van der Waals surface area contributed by atoms with E-state index in [1.54, 1.807) is 13.3 Å². The van der Waals surface area contributed by atoms with Crippen molar-refractivity contribution in [3.63, 3.8) is 0 Å². The maximum absolute atomic E-state index is 6.06. The molecule has 0 spiro atoms. The van der Waals surface area contributed by atoms with Crippen LogP contribution in [0.4, 0.5) is 0 Å². The number of aromatic nitrogens is 1. The van der Waals surface area contributed by atoms with Crippen molar-refractivity contribution in [1.29, 1.82) is 0 Å². The molecule has 1 saturated heterocycles. The van der Waals surface area contributed by atoms with Crippen molar-refractivity contribution in [2.24, 2.45) is 0 Å². The van der Waals surface area contributed by atoms with E-state index >= 15 is 0 Å². The highest BCUT2D eigenvalue weighted by Crippen LogP contribution is 2.31. The fourth-order valence-corrected chi connectivity index (χ4v) is 3.94. The van der Waals surface area contributed by atoms with Gasteiger partial charge in [0.05, 0.1) is 12.8 Å². The minimum atomic E-state index is 0.380. The fraction of sp³-hybridized carbons (Fsp3) is 0.320. The molecule has 0 bridgehead atoms. The van der Waals surface area contributed by atoms with Gasteiger partial charge in [-0.1, -0.05) is 42.5 Å². The standard InChI is InChI=1S/C25H29N3O2/c1-27-14-15-28(23(18-27)21-8-4-3-5-9-21)17-20-11-12-24(29-2)25(16-20)30-19-22-10-6-7-13-26-22/h3-13,16,23H,14-15,17-19H2,1-2H3/t23-/m1/s1. The van der Waals surface area contributed by atoms with Crippen LogP contribution < -0.4 is 9.47 Å². The number of pyridine rings is 1. The van der Waals surface area contributed by atoms with Gasteiger partial charge in [0.2, 0.25) is 0 Å². The summed E-state index contributed by atoms with van der Waals surface area (Å²) in [4.78, 5) is 9.30. The van der Waals surface area contributed by atoms with E-state index in [1.165, 1.54) is 11.1 Å². The molecule has 1 atom stereocenters. The topological polar surface area (TPSA) is 37.8 Å². The van der Waals surface area contributed by atoms with Crippen LogP contribution >= 0.6 is 0 Å². The van der Waals surface area contributed by atoms with E-state index in [-0.39, 0.29) is 0 Å². The molecule has 30 heavy (non-hydrogen) atoms. The van der Waals surface area contributed by atoms with Crippen molar-refractivity contribution in [2.45, 2.75) is 19.2 Å². The Kier molecular flexibility index (Phi) is 6.62. The number of hydrogen-bond donors (Lipinski definition) is 0. The minimum Gasteiger partial charge on any atom is -0.493 e. The van der Waals surface area contributed by atoms with Gasteiger partial charge in [-0.15, -0.1) is 0 Å². The highest BCUT2D eigenvalue weighted by atomic mass is 16.5. The molecule has 0 radical (unpaired) electrons. The second-order valence-electron chi connectivity index (χ2n) is 7.75. The van der Waals surface area contributed by atoms with Gasteiger partial charge in [-0.25, -0.2) is 0 Å². The predicted octanol–water partition coefficient (Wildman–Crippen LogP) is 4.16. The number of ether oxygens (including phenoxy) is 2. The molecule has 1 aliphatic rings. The highest BCUT2D eigenvalue weighted by Gasteiger charge is 2.26. The fourth-order valence-electron chi connectivity index (χ4n) is 3.94. The largest absolute Gasteiger partial charge is 0.493 e. The average molecular weight is 404 g/mol. The molecule has 1 aliphatic heterocycles. The van der Waals surface area contributed by atoms with Crippen molar-refractivity contribution in [1.82, 2.24) is 14.8 Å². The van der Waals surface area contributed by atoms with Crippen LogP contribution in [0.1, 0.15) is 22.9 Å². The van der Waals surface area contributed by atoms with Crippen molar-refractivity contribution < 1.29 is 9.47 Å². The molecule has 0 N–H and O–H groups in total. The van der Waals surface area contributed by atoms with E-state index in [0.717, 1.165) is 43.4 Å². The van der Waals surface area contributed by atoms with Gasteiger partial charge >= 0.3 is 0 Å². The van der Waals surface area contributed by atoms with Gasteiger partial charge in [-0.3, -0.25) is 9.88 Å². The van der Waals surface area contributed by atoms with Crippen LogP contribution in [-0.2, 0) is 13.2 Å². The first kappa shape index (κ1) is 20.4. The quantitative estimate of drug-likeness (QED) is 0.592. The lowest BCUT2D eigenvalue weighted by Crippen LogP contribution is -2.46. The summed E-state index contributed by atoms with van der Waals surface area (Å²) < 4.78 is 11.6. The zero-order valence-electron chi connectivity index (χ0n) is 17.7. The summed E-state index contributed by atoms with van der Waals surface area (Å²) in [6.07, 6.45) is 1.78. The van der Waals surface area contributed by atoms with Gasteiger partial charge < -0.3 is 14.4 Å². The van der Waals surface area contributed by atoms with Gasteiger partial charge in [0.25, 0.3) is 0 Å². The average Bonchev–Trinajstić information content (AvgIpc) is 2.80. The first-order valence-electron chi connectivity index (χ1n) is 10.4. The van der Waals surface area contributed by atoms with E-state index < -0.39 is 0 Å². The number of piperazine rings is 1. The Labute approximate surface area is 178 Å². The molecule has 5 nitrogen and oxygen atoms in total. The maximum Gasteiger partial charge on any atom is 0.162 e. The van der Waals surface area contributed by atoms with Gasteiger partial charge in [-0.05, 0) is 42.4 Å². The van der Waals surface area contributed by atoms with E-state index in [4.69, 9.17) is 9.47 Å². The molecular formula is C25H29N3O2. The SMILES string of the molecule is COc1ccc(CN2CCN(C)C[C@@H]2c2ccccc2)cc1OCc1ccccn1. The first-order valence-corrected chi connectivity index (χ1v) is 10.4. The van der Waals surface area contributed by atoms with Crippen molar-refractivity contribution in [3.05, 3.63) is 89.7 Å². The van der Waals surface area contributed by atoms with Crippen LogP contribution in [-0.4, -0.2) is 48.6 Å². The molecule has 1 aromatic heterocycles. The summed E-state index contributed by atoms with van der Waals surface area (Å²) in [6, 6.07) is 23.2. The molecule has 0 aliphatic carbocycles. The lowest BCUT2D eigenvalue weighted by Gasteiger charge is -2.40. The van der Waals surface area contributed by atoms with Gasteiger partial charge in [-0.2, -0.15) is 0 Å². The molecule has 1 fully saturated rings. The third-order valence-corrected chi connectivity index (χ3v) is 5.59. The van der Waals surface area contributed by atoms with E-state index in [9.17, 15) is 0 Å². The zero-order valence-corrected chi connectivity index (χ0v) is 17.7. The molecule has 0 amide bonds. The molecule has 156 valence electrons. The smallest absolute Gasteiger partial charge is 0.162 e. The Balaban J connectivity index is 1.51. The summed E-state index contributed by atoms with van der Waals surface area (Å²) >= 11 is 0. The Bertz CT molecular complexity index is 934. The maximum atomic E-state index is 6.06. The number of benzene rings is 2. The lowest BCUT2D eigenvalue weighted by atomic mass is 10.0. The third kappa shape index (κ3) is 4.99. The second kappa shape index (κ2) is 9.74. The van der Waals surface area contributed by atoms with Crippen LogP contribution in [0.5, 0.6) is 11.5 Å². The summed E-state index contributed by atoms with van der Waals surface area (Å²) in [6.45, 7) is 4.43. The Morgan fingerprint density at radius 2 is 1.80 bits per heavy atom. The number of rotatable bonds is 7. The molecule has 2 heterocycles. The molecule has 3 aromatic rings. The first-order chi connectivity index (χ1) is 14.7. The summed E-state index contributed by atoms with van der Waals surface area (Å²) in [7, 11) is 3.87. The molecule has 2 aromatic carbocycles. The van der Waals surface area contributed by atoms with Crippen molar-refractivity contribution in [3.8, 4) is 11.5 Å². The van der Waals surface area contributed by atoms with E-state index in [2.05, 4.69) is 64.3 Å². The number of hydrogen-bond acceptors (Lipinski definition) is 5. The Morgan fingerprint density at radius 3 is 2.57 bits per heavy atom. The van der Waals surface area contributed by atoms with Gasteiger partial charge in [0.1, 0.15) is 6.61 Å². The predicted molar refractivity (Wildman–Crippen MR) is 119 cm³/mol. The monoisotopic (exact) mass is 403 g/mol. The molecule has 0 saturated carbocycles. The van der Waals surface area contributed by atoms with Crippen LogP contribution in [0.25, 0.3) is 0 Å². The van der Waals surface area contributed by atoms with Crippen LogP contribution in [0.2, 0.25) is 0 Å². The molecule has 4 rings (SSSR count). The minimum absolute atomic E-state index is 0.380. The van der Waals surface area contributed by atoms with E-state index in [1.807, 2.05) is 24.3 Å². The zero-order chi connectivity index (χ0) is 20.8.